The summed E-state index contributed by atoms with van der Waals surface area (Å²) in [5, 5.41) is 11.7. The van der Waals surface area contributed by atoms with Gasteiger partial charge in [-0.05, 0) is 19.5 Å². The SMILES string of the molecule is CNC(CCO)c1ccccc1OC(F)(F)F. The average molecular weight is 249 g/mol. The first-order valence-corrected chi connectivity index (χ1v) is 5.10. The highest BCUT2D eigenvalue weighted by Crippen LogP contribution is 2.31. The minimum absolute atomic E-state index is 0.119. The van der Waals surface area contributed by atoms with E-state index in [0.717, 1.165) is 0 Å². The molecule has 0 saturated heterocycles. The Balaban J connectivity index is 2.97. The Hall–Kier alpha value is -1.27. The molecule has 0 heterocycles. The van der Waals surface area contributed by atoms with Gasteiger partial charge in [0.15, 0.2) is 0 Å². The lowest BCUT2D eigenvalue weighted by molar-refractivity contribution is -0.275. The quantitative estimate of drug-likeness (QED) is 0.840. The molecule has 0 saturated carbocycles. The number of rotatable bonds is 5. The van der Waals surface area contributed by atoms with Crippen LogP contribution in [0.2, 0.25) is 0 Å². The number of hydrogen-bond donors (Lipinski definition) is 2. The Bertz CT molecular complexity index is 355. The Morgan fingerprint density at radius 3 is 2.53 bits per heavy atom. The predicted molar refractivity (Wildman–Crippen MR) is 56.6 cm³/mol. The first-order valence-electron chi connectivity index (χ1n) is 5.10. The van der Waals surface area contributed by atoms with Crippen LogP contribution in [0.1, 0.15) is 18.0 Å². The van der Waals surface area contributed by atoms with Crippen molar-refractivity contribution in [3.63, 3.8) is 0 Å². The highest BCUT2D eigenvalue weighted by Gasteiger charge is 2.32. The van der Waals surface area contributed by atoms with Crippen molar-refractivity contribution in [2.24, 2.45) is 0 Å². The maximum atomic E-state index is 12.2. The summed E-state index contributed by atoms with van der Waals surface area (Å²) in [5.74, 6) is -0.243. The van der Waals surface area contributed by atoms with Crippen molar-refractivity contribution >= 4 is 0 Å². The molecule has 3 nitrogen and oxygen atoms in total. The maximum Gasteiger partial charge on any atom is 0.573 e. The molecule has 0 amide bonds. The van der Waals surface area contributed by atoms with Crippen molar-refractivity contribution in [2.75, 3.05) is 13.7 Å². The first-order chi connectivity index (χ1) is 7.98. The van der Waals surface area contributed by atoms with Crippen LogP contribution in [0.25, 0.3) is 0 Å². The Labute approximate surface area is 97.2 Å². The van der Waals surface area contributed by atoms with Crippen molar-refractivity contribution < 1.29 is 23.0 Å². The zero-order chi connectivity index (χ0) is 12.9. The van der Waals surface area contributed by atoms with E-state index in [4.69, 9.17) is 5.11 Å². The fraction of sp³-hybridized carbons (Fsp3) is 0.455. The molecule has 1 unspecified atom stereocenters. The van der Waals surface area contributed by atoms with E-state index in [-0.39, 0.29) is 18.4 Å². The normalized spacial score (nSPS) is 13.5. The Morgan fingerprint density at radius 1 is 1.35 bits per heavy atom. The number of benzene rings is 1. The van der Waals surface area contributed by atoms with Gasteiger partial charge >= 0.3 is 6.36 Å². The largest absolute Gasteiger partial charge is 0.573 e. The van der Waals surface area contributed by atoms with E-state index in [1.54, 1.807) is 13.1 Å². The number of alkyl halides is 3. The molecule has 2 N–H and O–H groups in total. The molecule has 1 aromatic carbocycles. The van der Waals surface area contributed by atoms with E-state index < -0.39 is 6.36 Å². The van der Waals surface area contributed by atoms with Crippen molar-refractivity contribution in [1.82, 2.24) is 5.32 Å². The van der Waals surface area contributed by atoms with Gasteiger partial charge in [0.1, 0.15) is 5.75 Å². The molecular formula is C11H14F3NO2. The van der Waals surface area contributed by atoms with Gasteiger partial charge in [0.2, 0.25) is 0 Å². The molecule has 0 aliphatic carbocycles. The molecule has 0 radical (unpaired) electrons. The highest BCUT2D eigenvalue weighted by atomic mass is 19.4. The summed E-state index contributed by atoms with van der Waals surface area (Å²) in [6, 6.07) is 5.51. The van der Waals surface area contributed by atoms with Gasteiger partial charge < -0.3 is 15.2 Å². The maximum absolute atomic E-state index is 12.2. The first kappa shape index (κ1) is 13.8. The fourth-order valence-corrected chi connectivity index (χ4v) is 1.57. The van der Waals surface area contributed by atoms with Gasteiger partial charge in [-0.15, -0.1) is 13.2 Å². The number of halogens is 3. The molecular weight excluding hydrogens is 235 g/mol. The van der Waals surface area contributed by atoms with E-state index >= 15 is 0 Å². The second kappa shape index (κ2) is 5.88. The van der Waals surface area contributed by atoms with Gasteiger partial charge in [-0.3, -0.25) is 0 Å². The summed E-state index contributed by atoms with van der Waals surface area (Å²) < 4.78 is 40.5. The van der Waals surface area contributed by atoms with Crippen LogP contribution < -0.4 is 10.1 Å². The van der Waals surface area contributed by atoms with Crippen LogP contribution >= 0.6 is 0 Å². The zero-order valence-electron chi connectivity index (χ0n) is 9.29. The van der Waals surface area contributed by atoms with Gasteiger partial charge in [0.05, 0.1) is 0 Å². The summed E-state index contributed by atoms with van der Waals surface area (Å²) in [6.45, 7) is -0.119. The number of aliphatic hydroxyl groups is 1. The predicted octanol–water partition coefficient (Wildman–Crippen LogP) is 2.23. The summed E-state index contributed by atoms with van der Waals surface area (Å²) in [6.07, 6.45) is -4.40. The summed E-state index contributed by atoms with van der Waals surface area (Å²) in [4.78, 5) is 0. The molecule has 17 heavy (non-hydrogen) atoms. The van der Waals surface area contributed by atoms with E-state index in [0.29, 0.717) is 12.0 Å². The van der Waals surface area contributed by atoms with Gasteiger partial charge in [0, 0.05) is 18.2 Å². The van der Waals surface area contributed by atoms with E-state index in [2.05, 4.69) is 10.1 Å². The summed E-state index contributed by atoms with van der Waals surface area (Å²) in [7, 11) is 1.62. The van der Waals surface area contributed by atoms with Crippen molar-refractivity contribution in [3.8, 4) is 5.75 Å². The third-order valence-electron chi connectivity index (χ3n) is 2.29. The highest BCUT2D eigenvalue weighted by molar-refractivity contribution is 5.36. The monoisotopic (exact) mass is 249 g/mol. The van der Waals surface area contributed by atoms with Crippen LogP contribution in [0.4, 0.5) is 13.2 Å². The van der Waals surface area contributed by atoms with Gasteiger partial charge in [-0.1, -0.05) is 18.2 Å². The number of hydrogen-bond acceptors (Lipinski definition) is 3. The second-order valence-corrected chi connectivity index (χ2v) is 3.44. The number of para-hydroxylation sites is 1. The average Bonchev–Trinajstić information content (AvgIpc) is 2.25. The molecule has 0 spiro atoms. The van der Waals surface area contributed by atoms with Crippen LogP contribution in [-0.4, -0.2) is 25.1 Å². The van der Waals surface area contributed by atoms with Crippen molar-refractivity contribution in [2.45, 2.75) is 18.8 Å². The van der Waals surface area contributed by atoms with E-state index in [1.807, 2.05) is 0 Å². The van der Waals surface area contributed by atoms with E-state index in [9.17, 15) is 13.2 Å². The molecule has 0 aliphatic heterocycles. The van der Waals surface area contributed by atoms with Gasteiger partial charge in [-0.25, -0.2) is 0 Å². The number of aliphatic hydroxyl groups excluding tert-OH is 1. The molecule has 96 valence electrons. The standard InChI is InChI=1S/C11H14F3NO2/c1-15-9(6-7-16)8-4-2-3-5-10(8)17-11(12,13)14/h2-5,9,15-16H,6-7H2,1H3. The van der Waals surface area contributed by atoms with Crippen molar-refractivity contribution in [1.29, 1.82) is 0 Å². The van der Waals surface area contributed by atoms with Crippen LogP contribution in [0.3, 0.4) is 0 Å². The molecule has 0 fully saturated rings. The third kappa shape index (κ3) is 4.24. The minimum atomic E-state index is -4.71. The number of ether oxygens (including phenoxy) is 1. The van der Waals surface area contributed by atoms with Crippen LogP contribution in [0.5, 0.6) is 5.75 Å². The fourth-order valence-electron chi connectivity index (χ4n) is 1.57. The molecule has 0 bridgehead atoms. The molecule has 6 heteroatoms. The van der Waals surface area contributed by atoms with Crippen LogP contribution in [-0.2, 0) is 0 Å². The van der Waals surface area contributed by atoms with Crippen molar-refractivity contribution in [3.05, 3.63) is 29.8 Å². The smallest absolute Gasteiger partial charge is 0.405 e. The van der Waals surface area contributed by atoms with E-state index in [1.165, 1.54) is 18.2 Å². The molecule has 1 rings (SSSR count). The lowest BCUT2D eigenvalue weighted by atomic mass is 10.0. The Morgan fingerprint density at radius 2 is 2.00 bits per heavy atom. The number of nitrogens with one attached hydrogen (secondary N) is 1. The topological polar surface area (TPSA) is 41.5 Å². The summed E-state index contributed by atoms with van der Waals surface area (Å²) in [5.41, 5.74) is 0.376. The lowest BCUT2D eigenvalue weighted by Gasteiger charge is -2.19. The Kier molecular flexibility index (Phi) is 4.77. The second-order valence-electron chi connectivity index (χ2n) is 3.44. The molecule has 1 aromatic rings. The molecule has 0 aromatic heterocycles. The third-order valence-corrected chi connectivity index (χ3v) is 2.29. The lowest BCUT2D eigenvalue weighted by Crippen LogP contribution is -2.22. The molecule has 1 atom stereocenters. The summed E-state index contributed by atoms with van der Waals surface area (Å²) >= 11 is 0. The van der Waals surface area contributed by atoms with Gasteiger partial charge in [0.25, 0.3) is 0 Å². The van der Waals surface area contributed by atoms with Gasteiger partial charge in [-0.2, -0.15) is 0 Å². The van der Waals surface area contributed by atoms with Crippen LogP contribution in [0, 0.1) is 0 Å². The minimum Gasteiger partial charge on any atom is -0.405 e. The molecule has 0 aliphatic rings. The zero-order valence-corrected chi connectivity index (χ0v) is 9.29. The van der Waals surface area contributed by atoms with Crippen LogP contribution in [0.15, 0.2) is 24.3 Å².